The first-order valence-corrected chi connectivity index (χ1v) is 4.19. The molecule has 15 heavy (non-hydrogen) atoms. The van der Waals surface area contributed by atoms with Crippen LogP contribution in [0.3, 0.4) is 0 Å². The van der Waals surface area contributed by atoms with Crippen molar-refractivity contribution in [3.8, 4) is 22.8 Å². The number of pyridine rings is 1. The van der Waals surface area contributed by atoms with Crippen LogP contribution < -0.4 is 34.7 Å². The molecule has 0 unspecified atom stereocenters. The second kappa shape index (κ2) is 5.16. The SMILES string of the molecule is [Na+].[O-]c1cccc(O)c1-c1ccccn1. The second-order valence-electron chi connectivity index (χ2n) is 2.87. The van der Waals surface area contributed by atoms with Gasteiger partial charge in [0.25, 0.3) is 0 Å². The van der Waals surface area contributed by atoms with Crippen LogP contribution in [0.1, 0.15) is 0 Å². The summed E-state index contributed by atoms with van der Waals surface area (Å²) in [6.45, 7) is 0. The third-order valence-corrected chi connectivity index (χ3v) is 1.93. The molecule has 1 aromatic carbocycles. The van der Waals surface area contributed by atoms with Gasteiger partial charge < -0.3 is 10.2 Å². The summed E-state index contributed by atoms with van der Waals surface area (Å²) < 4.78 is 0. The van der Waals surface area contributed by atoms with Crippen molar-refractivity contribution in [1.29, 1.82) is 0 Å². The van der Waals surface area contributed by atoms with Crippen LogP contribution >= 0.6 is 0 Å². The van der Waals surface area contributed by atoms with E-state index in [2.05, 4.69) is 4.98 Å². The zero-order chi connectivity index (χ0) is 9.97. The summed E-state index contributed by atoms with van der Waals surface area (Å²) in [5.41, 5.74) is 0.753. The third kappa shape index (κ3) is 2.50. The number of aromatic nitrogens is 1. The molecule has 0 aliphatic heterocycles. The molecule has 70 valence electrons. The van der Waals surface area contributed by atoms with Gasteiger partial charge in [0.05, 0.1) is 5.69 Å². The molecule has 1 aromatic heterocycles. The van der Waals surface area contributed by atoms with Gasteiger partial charge in [0.1, 0.15) is 5.75 Å². The van der Waals surface area contributed by atoms with Gasteiger partial charge in [0, 0.05) is 11.8 Å². The van der Waals surface area contributed by atoms with Crippen LogP contribution in [-0.2, 0) is 0 Å². The number of benzene rings is 1. The standard InChI is InChI=1S/C11H9NO2.Na/c13-9-5-3-6-10(14)11(9)8-4-1-2-7-12-8;/h1-7,13-14H;/q;+1/p-1. The molecule has 2 rings (SSSR count). The Labute approximate surface area is 110 Å². The molecule has 0 fully saturated rings. The van der Waals surface area contributed by atoms with Gasteiger partial charge in [-0.1, -0.05) is 23.9 Å². The van der Waals surface area contributed by atoms with Gasteiger partial charge in [-0.15, -0.1) is 0 Å². The molecule has 3 nitrogen and oxygen atoms in total. The Morgan fingerprint density at radius 3 is 2.47 bits per heavy atom. The summed E-state index contributed by atoms with van der Waals surface area (Å²) in [5, 5.41) is 20.9. The number of phenols is 1. The average molecular weight is 209 g/mol. The van der Waals surface area contributed by atoms with Gasteiger partial charge in [0.15, 0.2) is 0 Å². The second-order valence-corrected chi connectivity index (χ2v) is 2.87. The van der Waals surface area contributed by atoms with Crippen LogP contribution in [0, 0.1) is 0 Å². The van der Waals surface area contributed by atoms with E-state index in [1.165, 1.54) is 18.2 Å². The molecule has 2 aromatic rings. The average Bonchev–Trinajstić information content (AvgIpc) is 2.19. The molecule has 1 N–H and O–H groups in total. The van der Waals surface area contributed by atoms with Crippen LogP contribution in [0.25, 0.3) is 11.3 Å². The first-order chi connectivity index (χ1) is 6.79. The summed E-state index contributed by atoms with van der Waals surface area (Å²) in [4.78, 5) is 4.01. The van der Waals surface area contributed by atoms with E-state index in [1.807, 2.05) is 0 Å². The van der Waals surface area contributed by atoms with Crippen LogP contribution in [0.4, 0.5) is 0 Å². The summed E-state index contributed by atoms with van der Waals surface area (Å²) in [7, 11) is 0. The number of nitrogens with zero attached hydrogens (tertiary/aromatic N) is 1. The van der Waals surface area contributed by atoms with E-state index in [1.54, 1.807) is 24.4 Å². The Balaban J connectivity index is 0.00000112. The van der Waals surface area contributed by atoms with Crippen molar-refractivity contribution in [3.05, 3.63) is 42.6 Å². The molecule has 0 aliphatic carbocycles. The van der Waals surface area contributed by atoms with Gasteiger partial charge in [-0.2, -0.15) is 0 Å². The van der Waals surface area contributed by atoms with Gasteiger partial charge in [0.2, 0.25) is 0 Å². The van der Waals surface area contributed by atoms with Crippen LogP contribution in [0.5, 0.6) is 11.5 Å². The number of hydrogen-bond donors (Lipinski definition) is 1. The molecular weight excluding hydrogens is 201 g/mol. The van der Waals surface area contributed by atoms with Crippen molar-refractivity contribution >= 4 is 0 Å². The first kappa shape index (κ1) is 12.0. The van der Waals surface area contributed by atoms with Crippen molar-refractivity contribution in [1.82, 2.24) is 4.98 Å². The Kier molecular flexibility index (Phi) is 4.15. The molecule has 0 bridgehead atoms. The van der Waals surface area contributed by atoms with Crippen molar-refractivity contribution in [2.45, 2.75) is 0 Å². The van der Waals surface area contributed by atoms with Crippen LogP contribution in [0.15, 0.2) is 42.6 Å². The Hall–Kier alpha value is -1.03. The van der Waals surface area contributed by atoms with Gasteiger partial charge >= 0.3 is 29.6 Å². The van der Waals surface area contributed by atoms with Gasteiger partial charge in [-0.25, -0.2) is 0 Å². The normalized spacial score (nSPS) is 9.33. The molecule has 1 heterocycles. The van der Waals surface area contributed by atoms with Crippen molar-refractivity contribution in [2.24, 2.45) is 0 Å². The monoisotopic (exact) mass is 209 g/mol. The van der Waals surface area contributed by atoms with E-state index in [9.17, 15) is 10.2 Å². The van der Waals surface area contributed by atoms with Gasteiger partial charge in [-0.05, 0) is 18.2 Å². The minimum absolute atomic E-state index is 0. The van der Waals surface area contributed by atoms with E-state index in [4.69, 9.17) is 0 Å². The Bertz CT molecular complexity index is 425. The summed E-state index contributed by atoms with van der Waals surface area (Å²) >= 11 is 0. The fourth-order valence-electron chi connectivity index (χ4n) is 1.29. The molecule has 0 aliphatic rings. The summed E-state index contributed by atoms with van der Waals surface area (Å²) in [6, 6.07) is 9.62. The van der Waals surface area contributed by atoms with Crippen molar-refractivity contribution < 1.29 is 39.8 Å². The fraction of sp³-hybridized carbons (Fsp3) is 0. The largest absolute Gasteiger partial charge is 1.00 e. The Morgan fingerprint density at radius 1 is 1.07 bits per heavy atom. The molecule has 0 spiro atoms. The van der Waals surface area contributed by atoms with Crippen molar-refractivity contribution in [3.63, 3.8) is 0 Å². The van der Waals surface area contributed by atoms with Crippen molar-refractivity contribution in [2.75, 3.05) is 0 Å². The van der Waals surface area contributed by atoms with Crippen LogP contribution in [-0.4, -0.2) is 10.1 Å². The third-order valence-electron chi connectivity index (χ3n) is 1.93. The minimum atomic E-state index is -0.219. The first-order valence-electron chi connectivity index (χ1n) is 4.19. The maximum atomic E-state index is 11.4. The predicted molar refractivity (Wildman–Crippen MR) is 50.8 cm³/mol. The van der Waals surface area contributed by atoms with Crippen LogP contribution in [0.2, 0.25) is 0 Å². The number of hydrogen-bond acceptors (Lipinski definition) is 3. The topological polar surface area (TPSA) is 56.2 Å². The predicted octanol–water partition coefficient (Wildman–Crippen LogP) is -1.47. The maximum absolute atomic E-state index is 11.4. The summed E-state index contributed by atoms with van der Waals surface area (Å²) in [5.74, 6) is -0.250. The number of rotatable bonds is 1. The zero-order valence-electron chi connectivity index (χ0n) is 8.34. The van der Waals surface area contributed by atoms with E-state index in [-0.39, 0.29) is 46.6 Å². The molecule has 0 saturated carbocycles. The molecular formula is C11H8NNaO2. The van der Waals surface area contributed by atoms with E-state index in [0.717, 1.165) is 0 Å². The fourth-order valence-corrected chi connectivity index (χ4v) is 1.29. The molecule has 0 atom stereocenters. The Morgan fingerprint density at radius 2 is 1.87 bits per heavy atom. The molecule has 4 heteroatoms. The van der Waals surface area contributed by atoms with Gasteiger partial charge in [-0.3, -0.25) is 4.98 Å². The number of phenolic OH excluding ortho intramolecular Hbond substituents is 1. The minimum Gasteiger partial charge on any atom is -0.872 e. The molecule has 0 amide bonds. The number of aromatic hydroxyl groups is 1. The van der Waals surface area contributed by atoms with E-state index < -0.39 is 0 Å². The van der Waals surface area contributed by atoms with E-state index in [0.29, 0.717) is 5.69 Å². The zero-order valence-corrected chi connectivity index (χ0v) is 10.3. The smallest absolute Gasteiger partial charge is 0.872 e. The quantitative estimate of drug-likeness (QED) is 0.583. The molecule has 0 radical (unpaired) electrons. The summed E-state index contributed by atoms with van der Waals surface area (Å²) in [6.07, 6.45) is 1.58. The maximum Gasteiger partial charge on any atom is 1.00 e. The van der Waals surface area contributed by atoms with E-state index >= 15 is 0 Å². The molecule has 0 saturated heterocycles.